The maximum absolute atomic E-state index is 12.0. The first kappa shape index (κ1) is 12.4. The highest BCUT2D eigenvalue weighted by atomic mass is 19.3. The van der Waals surface area contributed by atoms with Gasteiger partial charge in [-0.15, -0.1) is 0 Å². The van der Waals surface area contributed by atoms with Crippen LogP contribution in [0.4, 0.5) is 35.1 Å². The fraction of sp³-hybridized carbons (Fsp3) is 0.800. The molecule has 13 heavy (non-hydrogen) atoms. The Balaban J connectivity index is 4.48. The van der Waals surface area contributed by atoms with Crippen molar-refractivity contribution in [3.63, 3.8) is 0 Å². The Morgan fingerprint density at radius 1 is 0.923 bits per heavy atom. The maximum atomic E-state index is 12.0. The lowest BCUT2D eigenvalue weighted by Crippen LogP contribution is -2.42. The molecule has 8 heteroatoms. The monoisotopic (exact) mass is 215 g/mol. The standard InChI is InChI=1S/C5H3F8/c6-1(3(8)9)2(7)5(12,13)4(10)11/h1-3H. The molecule has 0 heterocycles. The van der Waals surface area contributed by atoms with Crippen molar-refractivity contribution < 1.29 is 35.1 Å². The van der Waals surface area contributed by atoms with Crippen LogP contribution in [0.5, 0.6) is 0 Å². The van der Waals surface area contributed by atoms with Gasteiger partial charge in [-0.2, -0.15) is 17.6 Å². The molecule has 0 N–H and O–H groups in total. The van der Waals surface area contributed by atoms with E-state index in [0.717, 1.165) is 0 Å². The van der Waals surface area contributed by atoms with Crippen molar-refractivity contribution in [2.75, 3.05) is 0 Å². The molecule has 0 spiro atoms. The Bertz CT molecular complexity index is 155. The highest BCUT2D eigenvalue weighted by Gasteiger charge is 2.56. The highest BCUT2D eigenvalue weighted by molar-refractivity contribution is 4.94. The van der Waals surface area contributed by atoms with Crippen LogP contribution in [0.3, 0.4) is 0 Å². The van der Waals surface area contributed by atoms with Crippen molar-refractivity contribution in [2.24, 2.45) is 0 Å². The van der Waals surface area contributed by atoms with Gasteiger partial charge in [-0.3, -0.25) is 0 Å². The van der Waals surface area contributed by atoms with Gasteiger partial charge < -0.3 is 0 Å². The van der Waals surface area contributed by atoms with E-state index < -0.39 is 31.1 Å². The van der Waals surface area contributed by atoms with E-state index >= 15 is 0 Å². The van der Waals surface area contributed by atoms with Gasteiger partial charge in [-0.25, -0.2) is 17.6 Å². The van der Waals surface area contributed by atoms with E-state index in [2.05, 4.69) is 0 Å². The van der Waals surface area contributed by atoms with Crippen LogP contribution in [0.2, 0.25) is 0 Å². The van der Waals surface area contributed by atoms with Gasteiger partial charge in [-0.1, -0.05) is 0 Å². The highest BCUT2D eigenvalue weighted by Crippen LogP contribution is 2.37. The van der Waals surface area contributed by atoms with E-state index in [1.807, 2.05) is 0 Å². The second-order valence-corrected chi connectivity index (χ2v) is 2.06. The van der Waals surface area contributed by atoms with Crippen LogP contribution in [0.1, 0.15) is 0 Å². The van der Waals surface area contributed by atoms with E-state index in [0.29, 0.717) is 0 Å². The van der Waals surface area contributed by atoms with Gasteiger partial charge in [0.2, 0.25) is 6.17 Å². The van der Waals surface area contributed by atoms with Crippen LogP contribution < -0.4 is 0 Å². The van der Waals surface area contributed by atoms with Crippen LogP contribution in [0.15, 0.2) is 0 Å². The van der Waals surface area contributed by atoms with Crippen molar-refractivity contribution in [1.82, 2.24) is 0 Å². The van der Waals surface area contributed by atoms with E-state index in [-0.39, 0.29) is 0 Å². The summed E-state index contributed by atoms with van der Waals surface area (Å²) >= 11 is 0. The van der Waals surface area contributed by atoms with E-state index in [1.54, 1.807) is 0 Å². The third kappa shape index (κ3) is 2.70. The Kier molecular flexibility index (Phi) is 3.92. The van der Waals surface area contributed by atoms with Gasteiger partial charge in [0.25, 0.3) is 6.43 Å². The smallest absolute Gasteiger partial charge is 0.238 e. The molecule has 0 saturated heterocycles. The van der Waals surface area contributed by atoms with E-state index in [9.17, 15) is 35.1 Å². The number of rotatable bonds is 4. The molecule has 0 aromatic rings. The average Bonchev–Trinajstić information content (AvgIpc) is 2.01. The largest absolute Gasteiger partial charge is 0.381 e. The van der Waals surface area contributed by atoms with Gasteiger partial charge >= 0.3 is 12.3 Å². The quantitative estimate of drug-likeness (QED) is 0.632. The number of alkyl halides is 6. The molecule has 0 aliphatic carbocycles. The molecule has 2 atom stereocenters. The fourth-order valence-electron chi connectivity index (χ4n) is 0.432. The first-order valence-corrected chi connectivity index (χ1v) is 2.83. The zero-order valence-electron chi connectivity index (χ0n) is 5.76. The molecule has 0 aliphatic rings. The SMILES string of the molecule is F[C](F)C(F)(F)C(F)C(F)C(F)F. The zero-order chi connectivity index (χ0) is 10.8. The average molecular weight is 215 g/mol. The summed E-state index contributed by atoms with van der Waals surface area (Å²) in [5, 5.41) is 0. The Hall–Kier alpha value is -0.560. The normalized spacial score (nSPS) is 18.0. The maximum Gasteiger partial charge on any atom is 0.381 e. The van der Waals surface area contributed by atoms with Gasteiger partial charge in [0.15, 0.2) is 6.17 Å². The van der Waals surface area contributed by atoms with Crippen molar-refractivity contribution in [1.29, 1.82) is 0 Å². The third-order valence-corrected chi connectivity index (χ3v) is 1.12. The molecule has 1 radical (unpaired) electrons. The summed E-state index contributed by atoms with van der Waals surface area (Å²) in [7, 11) is 0. The zero-order valence-corrected chi connectivity index (χ0v) is 5.76. The summed E-state index contributed by atoms with van der Waals surface area (Å²) in [6.07, 6.45) is -16.0. The van der Waals surface area contributed by atoms with E-state index in [4.69, 9.17) is 0 Å². The first-order valence-electron chi connectivity index (χ1n) is 2.83. The van der Waals surface area contributed by atoms with E-state index in [1.165, 1.54) is 0 Å². The molecule has 0 aromatic carbocycles. The minimum atomic E-state index is -5.48. The minimum absolute atomic E-state index is 3.73. The predicted molar refractivity (Wildman–Crippen MR) is 26.2 cm³/mol. The van der Waals surface area contributed by atoms with Crippen LogP contribution >= 0.6 is 0 Å². The molecule has 0 amide bonds. The molecule has 0 rings (SSSR count). The fourth-order valence-corrected chi connectivity index (χ4v) is 0.432. The second kappa shape index (κ2) is 4.10. The number of hydrogen-bond acceptors (Lipinski definition) is 0. The Morgan fingerprint density at radius 3 is 1.54 bits per heavy atom. The molecule has 0 nitrogen and oxygen atoms in total. The minimum Gasteiger partial charge on any atom is -0.238 e. The summed E-state index contributed by atoms with van der Waals surface area (Å²) in [6.45, 7) is 0. The van der Waals surface area contributed by atoms with Crippen LogP contribution in [-0.4, -0.2) is 24.7 Å². The number of hydrogen-bond donors (Lipinski definition) is 0. The molecule has 2 unspecified atom stereocenters. The van der Waals surface area contributed by atoms with Crippen molar-refractivity contribution in [2.45, 2.75) is 24.7 Å². The summed E-state index contributed by atoms with van der Waals surface area (Å²) < 4.78 is 92.4. The predicted octanol–water partition coefficient (Wildman–Crippen LogP) is 2.99. The summed E-state index contributed by atoms with van der Waals surface area (Å²) in [6, 6.07) is 0. The lowest BCUT2D eigenvalue weighted by atomic mass is 10.1. The Labute approximate surface area is 67.5 Å². The van der Waals surface area contributed by atoms with Gasteiger partial charge in [-0.05, 0) is 0 Å². The van der Waals surface area contributed by atoms with Crippen LogP contribution in [0.25, 0.3) is 0 Å². The lowest BCUT2D eigenvalue weighted by molar-refractivity contribution is -0.153. The molecule has 0 bridgehead atoms. The second-order valence-electron chi connectivity index (χ2n) is 2.06. The summed E-state index contributed by atoms with van der Waals surface area (Å²) in [4.78, 5) is 0. The van der Waals surface area contributed by atoms with Gasteiger partial charge in [0.05, 0.1) is 0 Å². The third-order valence-electron chi connectivity index (χ3n) is 1.12. The molecule has 0 saturated carbocycles. The molecular weight excluding hydrogens is 212 g/mol. The lowest BCUT2D eigenvalue weighted by Gasteiger charge is -2.20. The molecular formula is C5H3F8. The van der Waals surface area contributed by atoms with Crippen LogP contribution in [0, 0.1) is 6.43 Å². The van der Waals surface area contributed by atoms with Crippen molar-refractivity contribution >= 4 is 0 Å². The Morgan fingerprint density at radius 2 is 1.31 bits per heavy atom. The van der Waals surface area contributed by atoms with Crippen LogP contribution in [-0.2, 0) is 0 Å². The number of halogens is 8. The molecule has 0 aromatic heterocycles. The summed E-state index contributed by atoms with van der Waals surface area (Å²) in [5.41, 5.74) is 0. The van der Waals surface area contributed by atoms with Gasteiger partial charge in [0, 0.05) is 0 Å². The summed E-state index contributed by atoms with van der Waals surface area (Å²) in [5.74, 6) is -5.48. The topological polar surface area (TPSA) is 0 Å². The first-order chi connectivity index (χ1) is 5.71. The molecule has 0 fully saturated rings. The molecule has 79 valence electrons. The van der Waals surface area contributed by atoms with Gasteiger partial charge in [0.1, 0.15) is 0 Å². The van der Waals surface area contributed by atoms with Crippen molar-refractivity contribution in [3.05, 3.63) is 6.43 Å². The van der Waals surface area contributed by atoms with Crippen molar-refractivity contribution in [3.8, 4) is 0 Å². The molecule has 0 aliphatic heterocycles.